The lowest BCUT2D eigenvalue weighted by atomic mass is 9.95. The van der Waals surface area contributed by atoms with Gasteiger partial charge in [-0.3, -0.25) is 4.90 Å². The summed E-state index contributed by atoms with van der Waals surface area (Å²) >= 11 is 0. The molecule has 0 N–H and O–H groups in total. The average Bonchev–Trinajstić information content (AvgIpc) is 2.68. The number of aryl methyl sites for hydroxylation is 1. The highest BCUT2D eigenvalue weighted by atomic mass is 19.1. The van der Waals surface area contributed by atoms with E-state index < -0.39 is 0 Å². The van der Waals surface area contributed by atoms with Crippen molar-refractivity contribution in [3.63, 3.8) is 0 Å². The fraction of sp³-hybridized carbons (Fsp3) is 0.375. The number of anilines is 1. The van der Waals surface area contributed by atoms with Crippen LogP contribution in [0.5, 0.6) is 0 Å². The summed E-state index contributed by atoms with van der Waals surface area (Å²) in [5.41, 5.74) is 4.42. The monoisotopic (exact) mass is 394 g/mol. The Bertz CT molecular complexity index is 1080. The van der Waals surface area contributed by atoms with Crippen molar-refractivity contribution >= 4 is 16.7 Å². The summed E-state index contributed by atoms with van der Waals surface area (Å²) in [7, 11) is 0. The van der Waals surface area contributed by atoms with Crippen LogP contribution in [-0.2, 0) is 6.54 Å². The molecule has 0 unspecified atom stereocenters. The minimum atomic E-state index is -0.311. The van der Waals surface area contributed by atoms with Crippen molar-refractivity contribution in [2.75, 3.05) is 31.1 Å². The molecular weight excluding hydrogens is 367 g/mol. The van der Waals surface area contributed by atoms with Crippen LogP contribution < -0.4 is 10.5 Å². The van der Waals surface area contributed by atoms with Crippen LogP contribution in [0, 0.1) is 12.7 Å². The van der Waals surface area contributed by atoms with E-state index >= 15 is 0 Å². The summed E-state index contributed by atoms with van der Waals surface area (Å²) in [5, 5.41) is 1.01. The average molecular weight is 394 g/mol. The van der Waals surface area contributed by atoms with E-state index in [2.05, 4.69) is 36.6 Å². The zero-order chi connectivity index (χ0) is 20.5. The number of hydrogen-bond acceptors (Lipinski definition) is 4. The third-order valence-electron chi connectivity index (χ3n) is 5.80. The van der Waals surface area contributed by atoms with Gasteiger partial charge in [0.25, 0.3) is 0 Å². The summed E-state index contributed by atoms with van der Waals surface area (Å²) in [5.74, 6) is 0.229. The van der Waals surface area contributed by atoms with Crippen LogP contribution in [0.3, 0.4) is 0 Å². The van der Waals surface area contributed by atoms with E-state index in [1.54, 1.807) is 12.1 Å². The van der Waals surface area contributed by atoms with Gasteiger partial charge < -0.3 is 9.32 Å². The van der Waals surface area contributed by atoms with Gasteiger partial charge in [-0.1, -0.05) is 26.0 Å². The number of hydrogen-bond donors (Lipinski definition) is 0. The van der Waals surface area contributed by atoms with Gasteiger partial charge in [0, 0.05) is 44.2 Å². The van der Waals surface area contributed by atoms with Gasteiger partial charge in [-0.25, -0.2) is 9.18 Å². The lowest BCUT2D eigenvalue weighted by molar-refractivity contribution is 0.249. The van der Waals surface area contributed by atoms with Gasteiger partial charge in [-0.05, 0) is 53.8 Å². The normalized spacial score (nSPS) is 15.4. The molecule has 0 spiro atoms. The molecule has 1 fully saturated rings. The number of piperazine rings is 1. The summed E-state index contributed by atoms with van der Waals surface area (Å²) in [4.78, 5) is 16.5. The summed E-state index contributed by atoms with van der Waals surface area (Å²) in [6.07, 6.45) is 0. The number of halogens is 1. The number of benzene rings is 2. The Morgan fingerprint density at radius 2 is 1.79 bits per heavy atom. The molecule has 2 heterocycles. The van der Waals surface area contributed by atoms with Crippen molar-refractivity contribution in [2.45, 2.75) is 33.2 Å². The van der Waals surface area contributed by atoms with E-state index in [4.69, 9.17) is 4.42 Å². The summed E-state index contributed by atoms with van der Waals surface area (Å²) in [6, 6.07) is 12.7. The third kappa shape index (κ3) is 4.06. The Morgan fingerprint density at radius 1 is 1.07 bits per heavy atom. The van der Waals surface area contributed by atoms with Gasteiger partial charge in [0.2, 0.25) is 0 Å². The zero-order valence-corrected chi connectivity index (χ0v) is 17.2. The Morgan fingerprint density at radius 3 is 2.48 bits per heavy atom. The summed E-state index contributed by atoms with van der Waals surface area (Å²) in [6.45, 7) is 10.3. The molecule has 1 aliphatic heterocycles. The maximum atomic E-state index is 14.1. The molecule has 152 valence electrons. The zero-order valence-electron chi connectivity index (χ0n) is 17.2. The van der Waals surface area contributed by atoms with Crippen LogP contribution >= 0.6 is 0 Å². The van der Waals surface area contributed by atoms with Crippen molar-refractivity contribution in [1.82, 2.24) is 4.90 Å². The van der Waals surface area contributed by atoms with E-state index in [1.807, 2.05) is 18.2 Å². The highest BCUT2D eigenvalue weighted by Crippen LogP contribution is 2.28. The molecule has 0 atom stereocenters. The smallest absolute Gasteiger partial charge is 0.336 e. The van der Waals surface area contributed by atoms with Gasteiger partial charge in [0.1, 0.15) is 11.4 Å². The molecule has 0 aliphatic carbocycles. The molecule has 0 saturated carbocycles. The topological polar surface area (TPSA) is 36.7 Å². The standard InChI is InChI=1S/C24H27FN2O2/c1-16(2)19-14-20-18(13-24(28)29-23(20)12-17(19)3)15-26-8-10-27(11-9-26)22-7-5-4-6-21(22)25/h4-7,12-14,16H,8-11,15H2,1-3H3. The Labute approximate surface area is 170 Å². The molecule has 0 radical (unpaired) electrons. The predicted octanol–water partition coefficient (Wildman–Crippen LogP) is 4.69. The minimum Gasteiger partial charge on any atom is -0.423 e. The van der Waals surface area contributed by atoms with E-state index in [0.717, 1.165) is 42.7 Å². The molecule has 1 aromatic heterocycles. The minimum absolute atomic E-state index is 0.177. The van der Waals surface area contributed by atoms with Gasteiger partial charge in [0.15, 0.2) is 0 Å². The number of fused-ring (bicyclic) bond motifs is 1. The first-order valence-electron chi connectivity index (χ1n) is 10.2. The quantitative estimate of drug-likeness (QED) is 0.602. The molecule has 0 amide bonds. The second kappa shape index (κ2) is 7.99. The molecule has 5 heteroatoms. The Balaban J connectivity index is 1.56. The maximum absolute atomic E-state index is 14.1. The fourth-order valence-corrected chi connectivity index (χ4v) is 4.24. The first-order valence-corrected chi connectivity index (χ1v) is 10.2. The molecule has 3 aromatic rings. The van der Waals surface area contributed by atoms with Crippen LogP contribution in [0.1, 0.15) is 36.5 Å². The van der Waals surface area contributed by atoms with Crippen molar-refractivity contribution < 1.29 is 8.81 Å². The second-order valence-electron chi connectivity index (χ2n) is 8.16. The lowest BCUT2D eigenvalue weighted by Gasteiger charge is -2.36. The molecule has 4 nitrogen and oxygen atoms in total. The molecule has 4 rings (SSSR count). The molecule has 29 heavy (non-hydrogen) atoms. The first-order chi connectivity index (χ1) is 13.9. The molecule has 1 aliphatic rings. The summed E-state index contributed by atoms with van der Waals surface area (Å²) < 4.78 is 19.5. The van der Waals surface area contributed by atoms with Crippen molar-refractivity contribution in [1.29, 1.82) is 0 Å². The van der Waals surface area contributed by atoms with Crippen molar-refractivity contribution in [3.8, 4) is 0 Å². The van der Waals surface area contributed by atoms with E-state index in [-0.39, 0.29) is 11.4 Å². The largest absolute Gasteiger partial charge is 0.423 e. The van der Waals surface area contributed by atoms with Crippen LogP contribution in [0.25, 0.3) is 11.0 Å². The van der Waals surface area contributed by atoms with Crippen LogP contribution in [0.4, 0.5) is 10.1 Å². The SMILES string of the molecule is Cc1cc2oc(=O)cc(CN3CCN(c4ccccc4F)CC3)c2cc1C(C)C. The number of nitrogens with zero attached hydrogens (tertiary/aromatic N) is 2. The molecule has 2 aromatic carbocycles. The van der Waals surface area contributed by atoms with Gasteiger partial charge in [-0.2, -0.15) is 0 Å². The van der Waals surface area contributed by atoms with Crippen molar-refractivity contribution in [2.24, 2.45) is 0 Å². The van der Waals surface area contributed by atoms with Gasteiger partial charge in [-0.15, -0.1) is 0 Å². The van der Waals surface area contributed by atoms with Crippen molar-refractivity contribution in [3.05, 3.63) is 75.4 Å². The molecule has 0 bridgehead atoms. The lowest BCUT2D eigenvalue weighted by Crippen LogP contribution is -2.46. The Hall–Kier alpha value is -2.66. The predicted molar refractivity (Wildman–Crippen MR) is 115 cm³/mol. The highest BCUT2D eigenvalue weighted by Gasteiger charge is 2.21. The van der Waals surface area contributed by atoms with E-state index in [0.29, 0.717) is 23.7 Å². The Kier molecular flexibility index (Phi) is 5.41. The highest BCUT2D eigenvalue weighted by molar-refractivity contribution is 5.82. The second-order valence-corrected chi connectivity index (χ2v) is 8.16. The first kappa shape index (κ1) is 19.6. The van der Waals surface area contributed by atoms with Crippen LogP contribution in [0.15, 0.2) is 51.7 Å². The van der Waals surface area contributed by atoms with Crippen LogP contribution in [0.2, 0.25) is 0 Å². The van der Waals surface area contributed by atoms with Gasteiger partial charge in [0.05, 0.1) is 5.69 Å². The number of rotatable bonds is 4. The maximum Gasteiger partial charge on any atom is 0.336 e. The molecule has 1 saturated heterocycles. The van der Waals surface area contributed by atoms with Gasteiger partial charge >= 0.3 is 5.63 Å². The molecular formula is C24H27FN2O2. The number of para-hydroxylation sites is 1. The fourth-order valence-electron chi connectivity index (χ4n) is 4.24. The van der Waals surface area contributed by atoms with E-state index in [9.17, 15) is 9.18 Å². The third-order valence-corrected chi connectivity index (χ3v) is 5.80. The van der Waals surface area contributed by atoms with E-state index in [1.165, 1.54) is 11.6 Å². The van der Waals surface area contributed by atoms with Crippen LogP contribution in [-0.4, -0.2) is 31.1 Å².